The van der Waals surface area contributed by atoms with Gasteiger partial charge >= 0.3 is 0 Å². The molecular formula is C27H26BrClN4O. The molecule has 3 aromatic carbocycles. The number of hydrogen-bond acceptors (Lipinski definition) is 3. The van der Waals surface area contributed by atoms with Gasteiger partial charge in [0.1, 0.15) is 5.82 Å². The molecule has 1 N–H and O–H groups in total. The summed E-state index contributed by atoms with van der Waals surface area (Å²) in [5.74, 6) is 1.07. The first-order valence-corrected chi connectivity index (χ1v) is 12.7. The predicted molar refractivity (Wildman–Crippen MR) is 141 cm³/mol. The third-order valence-electron chi connectivity index (χ3n) is 6.34. The van der Waals surface area contributed by atoms with E-state index in [1.165, 1.54) is 5.56 Å². The molecule has 5 rings (SSSR count). The fraction of sp³-hybridized carbons (Fsp3) is 0.259. The zero-order valence-electron chi connectivity index (χ0n) is 18.8. The topological polar surface area (TPSA) is 50.2 Å². The van der Waals surface area contributed by atoms with E-state index in [-0.39, 0.29) is 11.8 Å². The Hall–Kier alpha value is -2.67. The first kappa shape index (κ1) is 23.1. The van der Waals surface area contributed by atoms with Gasteiger partial charge in [0, 0.05) is 28.3 Å². The van der Waals surface area contributed by atoms with Gasteiger partial charge in [-0.05, 0) is 73.5 Å². The summed E-state index contributed by atoms with van der Waals surface area (Å²) < 4.78 is 3.28. The van der Waals surface area contributed by atoms with Crippen LogP contribution in [0.25, 0.3) is 11.0 Å². The lowest BCUT2D eigenvalue weighted by atomic mass is 9.97. The average molecular weight is 538 g/mol. The highest BCUT2D eigenvalue weighted by molar-refractivity contribution is 9.10. The number of nitrogens with one attached hydrogen (secondary N) is 1. The summed E-state index contributed by atoms with van der Waals surface area (Å²) in [6.45, 7) is 3.14. The van der Waals surface area contributed by atoms with Crippen LogP contribution in [0.15, 0.2) is 77.3 Å². The monoisotopic (exact) mass is 536 g/mol. The molecule has 7 heteroatoms. The summed E-state index contributed by atoms with van der Waals surface area (Å²) in [5.41, 5.74) is 4.12. The van der Waals surface area contributed by atoms with Gasteiger partial charge < -0.3 is 9.88 Å². The number of fused-ring (bicyclic) bond motifs is 1. The summed E-state index contributed by atoms with van der Waals surface area (Å²) in [4.78, 5) is 20.3. The summed E-state index contributed by atoms with van der Waals surface area (Å²) in [6, 6.07) is 23.9. The lowest BCUT2D eigenvalue weighted by Crippen LogP contribution is -2.40. The van der Waals surface area contributed by atoms with Crippen LogP contribution >= 0.6 is 27.5 Å². The molecule has 174 valence electrons. The Morgan fingerprint density at radius 1 is 1.03 bits per heavy atom. The Morgan fingerprint density at radius 3 is 2.59 bits per heavy atom. The first-order valence-electron chi connectivity index (χ1n) is 11.5. The van der Waals surface area contributed by atoms with Gasteiger partial charge in [-0.2, -0.15) is 0 Å². The smallest absolute Gasteiger partial charge is 0.228 e. The lowest BCUT2D eigenvalue weighted by Gasteiger charge is -2.31. The Morgan fingerprint density at radius 2 is 1.79 bits per heavy atom. The van der Waals surface area contributed by atoms with E-state index in [1.807, 2.05) is 42.5 Å². The normalized spacial score (nSPS) is 16.6. The minimum atomic E-state index is -0.0357. The SMILES string of the molecule is O=C(Nc1ccc(Br)cc1)[C@@H]1CCCN(Cc2nc3ccccc3n2Cc2ccc(Cl)cc2)C1. The van der Waals surface area contributed by atoms with E-state index >= 15 is 0 Å². The fourth-order valence-electron chi connectivity index (χ4n) is 4.59. The van der Waals surface area contributed by atoms with E-state index in [2.05, 4.69) is 61.0 Å². The zero-order chi connectivity index (χ0) is 23.5. The van der Waals surface area contributed by atoms with Crippen molar-refractivity contribution < 1.29 is 4.79 Å². The van der Waals surface area contributed by atoms with Crippen LogP contribution in [-0.4, -0.2) is 33.4 Å². The molecule has 2 heterocycles. The number of rotatable bonds is 6. The molecule has 1 fully saturated rings. The molecule has 1 saturated heterocycles. The molecule has 5 nitrogen and oxygen atoms in total. The number of hydrogen-bond donors (Lipinski definition) is 1. The number of carbonyl (C=O) groups excluding carboxylic acids is 1. The summed E-state index contributed by atoms with van der Waals surface area (Å²) in [6.07, 6.45) is 1.90. The van der Waals surface area contributed by atoms with Crippen molar-refractivity contribution in [2.45, 2.75) is 25.9 Å². The minimum Gasteiger partial charge on any atom is -0.326 e. The largest absolute Gasteiger partial charge is 0.326 e. The first-order chi connectivity index (χ1) is 16.5. The number of anilines is 1. The summed E-state index contributed by atoms with van der Waals surface area (Å²) in [7, 11) is 0. The van der Waals surface area contributed by atoms with Crippen molar-refractivity contribution in [3.8, 4) is 0 Å². The molecule has 0 radical (unpaired) electrons. The fourth-order valence-corrected chi connectivity index (χ4v) is 4.98. The highest BCUT2D eigenvalue weighted by atomic mass is 79.9. The number of para-hydroxylation sites is 2. The predicted octanol–water partition coefficient (Wildman–Crippen LogP) is 6.35. The van der Waals surface area contributed by atoms with Gasteiger partial charge in [0.15, 0.2) is 0 Å². The van der Waals surface area contributed by atoms with E-state index in [1.54, 1.807) is 0 Å². The Bertz CT molecular complexity index is 1290. The number of amides is 1. The molecule has 0 unspecified atom stereocenters. The highest BCUT2D eigenvalue weighted by Crippen LogP contribution is 2.24. The summed E-state index contributed by atoms with van der Waals surface area (Å²) >= 11 is 9.52. The van der Waals surface area contributed by atoms with Crippen LogP contribution in [0, 0.1) is 5.92 Å². The number of imidazole rings is 1. The maximum atomic E-state index is 12.9. The molecule has 0 saturated carbocycles. The second-order valence-corrected chi connectivity index (χ2v) is 10.2. The van der Waals surface area contributed by atoms with Crippen molar-refractivity contribution in [1.82, 2.24) is 14.5 Å². The molecule has 1 amide bonds. The molecule has 0 aliphatic carbocycles. The van der Waals surface area contributed by atoms with Gasteiger partial charge in [-0.1, -0.05) is 51.8 Å². The second kappa shape index (κ2) is 10.3. The Kier molecular flexibility index (Phi) is 6.99. The van der Waals surface area contributed by atoms with Crippen LogP contribution in [0.5, 0.6) is 0 Å². The summed E-state index contributed by atoms with van der Waals surface area (Å²) in [5, 5.41) is 3.81. The van der Waals surface area contributed by atoms with Gasteiger partial charge in [0.05, 0.1) is 23.5 Å². The lowest BCUT2D eigenvalue weighted by molar-refractivity contribution is -0.121. The van der Waals surface area contributed by atoms with Crippen molar-refractivity contribution in [3.63, 3.8) is 0 Å². The molecule has 4 aromatic rings. The van der Waals surface area contributed by atoms with Gasteiger partial charge in [-0.25, -0.2) is 4.98 Å². The molecule has 1 aliphatic rings. The van der Waals surface area contributed by atoms with Crippen LogP contribution in [0.4, 0.5) is 5.69 Å². The standard InChI is InChI=1S/C27H26BrClN4O/c28-21-9-13-23(14-10-21)30-27(34)20-4-3-15-32(17-20)18-26-31-24-5-1-2-6-25(24)33(26)16-19-7-11-22(29)12-8-19/h1-2,5-14,20H,3-4,15-18H2,(H,30,34)/t20-/m1/s1. The number of halogens is 2. The van der Waals surface area contributed by atoms with Crippen molar-refractivity contribution >= 4 is 50.2 Å². The number of aromatic nitrogens is 2. The highest BCUT2D eigenvalue weighted by Gasteiger charge is 2.27. The molecule has 0 bridgehead atoms. The van der Waals surface area contributed by atoms with E-state index in [0.29, 0.717) is 6.54 Å². The quantitative estimate of drug-likeness (QED) is 0.312. The van der Waals surface area contributed by atoms with Crippen LogP contribution in [0.3, 0.4) is 0 Å². The van der Waals surface area contributed by atoms with Gasteiger partial charge in [-0.15, -0.1) is 0 Å². The molecule has 1 aliphatic heterocycles. The van der Waals surface area contributed by atoms with Crippen molar-refractivity contribution in [3.05, 3.63) is 93.7 Å². The van der Waals surface area contributed by atoms with Crippen LogP contribution in [-0.2, 0) is 17.9 Å². The van der Waals surface area contributed by atoms with E-state index in [4.69, 9.17) is 16.6 Å². The van der Waals surface area contributed by atoms with Gasteiger partial charge in [0.2, 0.25) is 5.91 Å². The average Bonchev–Trinajstić information content (AvgIpc) is 3.19. The Labute approximate surface area is 212 Å². The molecular weight excluding hydrogens is 512 g/mol. The molecule has 1 aromatic heterocycles. The van der Waals surface area contributed by atoms with Gasteiger partial charge in [0.25, 0.3) is 0 Å². The van der Waals surface area contributed by atoms with Crippen molar-refractivity contribution in [2.24, 2.45) is 5.92 Å². The van der Waals surface area contributed by atoms with Crippen LogP contribution in [0.2, 0.25) is 5.02 Å². The third kappa shape index (κ3) is 5.35. The number of carbonyl (C=O) groups is 1. The van der Waals surface area contributed by atoms with Crippen molar-refractivity contribution in [2.75, 3.05) is 18.4 Å². The number of nitrogens with zero attached hydrogens (tertiary/aromatic N) is 3. The minimum absolute atomic E-state index is 0.0357. The number of piperidine rings is 1. The molecule has 1 atom stereocenters. The van der Waals surface area contributed by atoms with Crippen LogP contribution < -0.4 is 5.32 Å². The van der Waals surface area contributed by atoms with E-state index in [9.17, 15) is 4.79 Å². The molecule has 0 spiro atoms. The van der Waals surface area contributed by atoms with Crippen molar-refractivity contribution in [1.29, 1.82) is 0 Å². The van der Waals surface area contributed by atoms with E-state index < -0.39 is 0 Å². The maximum Gasteiger partial charge on any atom is 0.228 e. The third-order valence-corrected chi connectivity index (χ3v) is 7.12. The zero-order valence-corrected chi connectivity index (χ0v) is 21.1. The van der Waals surface area contributed by atoms with Gasteiger partial charge in [-0.3, -0.25) is 9.69 Å². The maximum absolute atomic E-state index is 12.9. The van der Waals surface area contributed by atoms with Crippen LogP contribution in [0.1, 0.15) is 24.2 Å². The van der Waals surface area contributed by atoms with E-state index in [0.717, 1.165) is 64.5 Å². The second-order valence-electron chi connectivity index (χ2n) is 8.80. The molecule has 34 heavy (non-hydrogen) atoms. The number of benzene rings is 3. The number of likely N-dealkylation sites (tertiary alicyclic amines) is 1. The Balaban J connectivity index is 1.32.